The summed E-state index contributed by atoms with van der Waals surface area (Å²) in [6.07, 6.45) is 2.29. The molecule has 1 aromatic rings. The highest BCUT2D eigenvalue weighted by Crippen LogP contribution is 2.31. The molecule has 5 nitrogen and oxygen atoms in total. The largest absolute Gasteiger partial charge is 0.440 e. The molecule has 1 heterocycles. The van der Waals surface area contributed by atoms with Gasteiger partial charge in [0.1, 0.15) is 0 Å². The lowest BCUT2D eigenvalue weighted by molar-refractivity contribution is 0.109. The van der Waals surface area contributed by atoms with Crippen LogP contribution in [0, 0.1) is 0 Å². The summed E-state index contributed by atoms with van der Waals surface area (Å²) in [7, 11) is -3.57. The van der Waals surface area contributed by atoms with E-state index in [4.69, 9.17) is 4.42 Å². The van der Waals surface area contributed by atoms with Crippen molar-refractivity contribution in [3.8, 4) is 0 Å². The maximum absolute atomic E-state index is 12.1. The SMILES string of the molecule is CCN(C1CC1)S(=O)(=O)c1ccc(C=O)o1. The Hall–Kier alpha value is -1.14. The molecule has 0 aliphatic heterocycles. The molecule has 0 aromatic carbocycles. The van der Waals surface area contributed by atoms with Crippen LogP contribution in [-0.4, -0.2) is 31.6 Å². The van der Waals surface area contributed by atoms with Gasteiger partial charge in [0.15, 0.2) is 12.0 Å². The van der Waals surface area contributed by atoms with E-state index in [9.17, 15) is 13.2 Å². The average molecular weight is 243 g/mol. The zero-order valence-electron chi connectivity index (χ0n) is 8.92. The van der Waals surface area contributed by atoms with Crippen molar-refractivity contribution in [1.82, 2.24) is 4.31 Å². The van der Waals surface area contributed by atoms with Gasteiger partial charge in [-0.2, -0.15) is 4.31 Å². The van der Waals surface area contributed by atoms with Gasteiger partial charge in [-0.05, 0) is 25.0 Å². The second-order valence-electron chi connectivity index (χ2n) is 3.71. The molecule has 2 rings (SSSR count). The monoisotopic (exact) mass is 243 g/mol. The normalized spacial score (nSPS) is 16.6. The summed E-state index contributed by atoms with van der Waals surface area (Å²) in [4.78, 5) is 10.4. The lowest BCUT2D eigenvalue weighted by Crippen LogP contribution is -2.32. The lowest BCUT2D eigenvalue weighted by atomic mass is 10.5. The molecular formula is C10H13NO4S. The van der Waals surface area contributed by atoms with Gasteiger partial charge in [0, 0.05) is 12.6 Å². The third-order valence-electron chi connectivity index (χ3n) is 2.55. The van der Waals surface area contributed by atoms with Crippen LogP contribution in [-0.2, 0) is 10.0 Å². The molecule has 1 aromatic heterocycles. The van der Waals surface area contributed by atoms with Crippen LogP contribution >= 0.6 is 0 Å². The standard InChI is InChI=1S/C10H13NO4S/c1-2-11(8-3-4-8)16(13,14)10-6-5-9(7-12)15-10/h5-8H,2-4H2,1H3. The fraction of sp³-hybridized carbons (Fsp3) is 0.500. The Balaban J connectivity index is 2.32. The molecule has 0 atom stereocenters. The second-order valence-corrected chi connectivity index (χ2v) is 5.54. The molecule has 1 saturated carbocycles. The average Bonchev–Trinajstić information content (AvgIpc) is 2.95. The van der Waals surface area contributed by atoms with Crippen molar-refractivity contribution < 1.29 is 17.6 Å². The van der Waals surface area contributed by atoms with E-state index < -0.39 is 10.0 Å². The van der Waals surface area contributed by atoms with Crippen LogP contribution in [0.15, 0.2) is 21.6 Å². The van der Waals surface area contributed by atoms with Crippen LogP contribution in [0.2, 0.25) is 0 Å². The molecule has 0 unspecified atom stereocenters. The number of rotatable bonds is 5. The van der Waals surface area contributed by atoms with Gasteiger partial charge in [-0.3, -0.25) is 4.79 Å². The predicted molar refractivity (Wildman–Crippen MR) is 56.7 cm³/mol. The van der Waals surface area contributed by atoms with Crippen molar-refractivity contribution in [2.45, 2.75) is 30.9 Å². The number of hydrogen-bond donors (Lipinski definition) is 0. The summed E-state index contributed by atoms with van der Waals surface area (Å²) in [5.74, 6) is 0.0328. The number of sulfonamides is 1. The Morgan fingerprint density at radius 1 is 1.50 bits per heavy atom. The summed E-state index contributed by atoms with van der Waals surface area (Å²) < 4.78 is 30.6. The third-order valence-corrected chi connectivity index (χ3v) is 4.45. The maximum atomic E-state index is 12.1. The van der Waals surface area contributed by atoms with E-state index in [0.29, 0.717) is 12.8 Å². The summed E-state index contributed by atoms with van der Waals surface area (Å²) in [5.41, 5.74) is 0. The van der Waals surface area contributed by atoms with Crippen LogP contribution in [0.3, 0.4) is 0 Å². The lowest BCUT2D eigenvalue weighted by Gasteiger charge is -2.17. The van der Waals surface area contributed by atoms with Crippen LogP contribution < -0.4 is 0 Å². The van der Waals surface area contributed by atoms with Gasteiger partial charge in [0.25, 0.3) is 10.0 Å². The number of furan rings is 1. The molecule has 0 radical (unpaired) electrons. The van der Waals surface area contributed by atoms with Gasteiger partial charge in [0.05, 0.1) is 0 Å². The molecule has 88 valence electrons. The number of carbonyl (C=O) groups excluding carboxylic acids is 1. The quantitative estimate of drug-likeness (QED) is 0.730. The van der Waals surface area contributed by atoms with E-state index in [1.54, 1.807) is 6.92 Å². The molecule has 16 heavy (non-hydrogen) atoms. The molecule has 0 N–H and O–H groups in total. The first-order chi connectivity index (χ1) is 7.59. The Morgan fingerprint density at radius 3 is 2.62 bits per heavy atom. The van der Waals surface area contributed by atoms with Crippen LogP contribution in [0.5, 0.6) is 0 Å². The Morgan fingerprint density at radius 2 is 2.19 bits per heavy atom. The maximum Gasteiger partial charge on any atom is 0.276 e. The number of aldehydes is 1. The molecule has 6 heteroatoms. The van der Waals surface area contributed by atoms with Crippen molar-refractivity contribution in [2.24, 2.45) is 0 Å². The van der Waals surface area contributed by atoms with E-state index in [1.165, 1.54) is 16.4 Å². The van der Waals surface area contributed by atoms with E-state index >= 15 is 0 Å². The zero-order valence-corrected chi connectivity index (χ0v) is 9.74. The first kappa shape index (κ1) is 11.3. The molecule has 0 amide bonds. The first-order valence-corrected chi connectivity index (χ1v) is 6.60. The minimum absolute atomic E-state index is 0.0328. The van der Waals surface area contributed by atoms with Crippen molar-refractivity contribution in [1.29, 1.82) is 0 Å². The Bertz CT molecular complexity index is 487. The Labute approximate surface area is 94.1 Å². The van der Waals surface area contributed by atoms with Crippen molar-refractivity contribution in [3.63, 3.8) is 0 Å². The molecule has 0 saturated heterocycles. The van der Waals surface area contributed by atoms with E-state index in [2.05, 4.69) is 0 Å². The van der Waals surface area contributed by atoms with Gasteiger partial charge in [0.2, 0.25) is 5.09 Å². The number of nitrogens with zero attached hydrogens (tertiary/aromatic N) is 1. The highest BCUT2D eigenvalue weighted by Gasteiger charge is 2.38. The molecule has 0 bridgehead atoms. The van der Waals surface area contributed by atoms with E-state index in [-0.39, 0.29) is 16.9 Å². The van der Waals surface area contributed by atoms with Crippen LogP contribution in [0.1, 0.15) is 30.3 Å². The zero-order chi connectivity index (χ0) is 11.8. The van der Waals surface area contributed by atoms with Gasteiger partial charge < -0.3 is 4.42 Å². The molecule has 1 aliphatic rings. The van der Waals surface area contributed by atoms with Gasteiger partial charge in [-0.25, -0.2) is 8.42 Å². The molecule has 1 aliphatic carbocycles. The van der Waals surface area contributed by atoms with Crippen molar-refractivity contribution in [2.75, 3.05) is 6.54 Å². The predicted octanol–water partition coefficient (Wildman–Crippen LogP) is 1.27. The summed E-state index contributed by atoms with van der Waals surface area (Å²) in [6, 6.07) is 2.78. The number of carbonyl (C=O) groups is 1. The summed E-state index contributed by atoms with van der Waals surface area (Å²) >= 11 is 0. The smallest absolute Gasteiger partial charge is 0.276 e. The van der Waals surface area contributed by atoms with Crippen LogP contribution in [0.25, 0.3) is 0 Å². The molecule has 1 fully saturated rings. The highest BCUT2D eigenvalue weighted by molar-refractivity contribution is 7.89. The third kappa shape index (κ3) is 1.90. The first-order valence-electron chi connectivity index (χ1n) is 5.16. The van der Waals surface area contributed by atoms with Crippen LogP contribution in [0.4, 0.5) is 0 Å². The second kappa shape index (κ2) is 4.03. The summed E-state index contributed by atoms with van der Waals surface area (Å²) in [5, 5.41) is -0.150. The number of hydrogen-bond acceptors (Lipinski definition) is 4. The topological polar surface area (TPSA) is 67.6 Å². The van der Waals surface area contributed by atoms with Gasteiger partial charge in [-0.15, -0.1) is 0 Å². The minimum atomic E-state index is -3.57. The fourth-order valence-corrected chi connectivity index (χ4v) is 3.25. The van der Waals surface area contributed by atoms with Gasteiger partial charge in [-0.1, -0.05) is 6.92 Å². The van der Waals surface area contributed by atoms with E-state index in [0.717, 1.165) is 12.8 Å². The van der Waals surface area contributed by atoms with Crippen molar-refractivity contribution >= 4 is 16.3 Å². The highest BCUT2D eigenvalue weighted by atomic mass is 32.2. The molecule has 0 spiro atoms. The van der Waals surface area contributed by atoms with Crippen molar-refractivity contribution in [3.05, 3.63) is 17.9 Å². The van der Waals surface area contributed by atoms with E-state index in [1.807, 2.05) is 0 Å². The van der Waals surface area contributed by atoms with Gasteiger partial charge >= 0.3 is 0 Å². The molecular weight excluding hydrogens is 230 g/mol. The fourth-order valence-electron chi connectivity index (χ4n) is 1.64. The minimum Gasteiger partial charge on any atom is -0.440 e. The summed E-state index contributed by atoms with van der Waals surface area (Å²) in [6.45, 7) is 2.21. The Kier molecular flexibility index (Phi) is 2.86.